The van der Waals surface area contributed by atoms with Crippen molar-refractivity contribution in [2.45, 2.75) is 12.8 Å². The van der Waals surface area contributed by atoms with E-state index in [1.54, 1.807) is 18.5 Å². The SMILES string of the molecule is O=C(c1ccccn1)[C@@H]1CCCN(C/C=C/c2ccco2)C1. The number of rotatable bonds is 5. The highest BCUT2D eigenvalue weighted by atomic mass is 16.3. The molecule has 1 saturated heterocycles. The van der Waals surface area contributed by atoms with Crippen molar-refractivity contribution < 1.29 is 9.21 Å². The lowest BCUT2D eigenvalue weighted by Gasteiger charge is -2.30. The number of aromatic nitrogens is 1. The number of carbonyl (C=O) groups excluding carboxylic acids is 1. The van der Waals surface area contributed by atoms with Gasteiger partial charge in [-0.25, -0.2) is 0 Å². The van der Waals surface area contributed by atoms with Gasteiger partial charge in [-0.3, -0.25) is 14.7 Å². The Balaban J connectivity index is 1.56. The lowest BCUT2D eigenvalue weighted by atomic mass is 9.92. The maximum absolute atomic E-state index is 12.5. The highest BCUT2D eigenvalue weighted by molar-refractivity contribution is 5.96. The molecule has 1 atom stereocenters. The molecule has 0 radical (unpaired) electrons. The first kappa shape index (κ1) is 14.7. The zero-order valence-electron chi connectivity index (χ0n) is 12.5. The normalized spacial score (nSPS) is 19.5. The fourth-order valence-electron chi connectivity index (χ4n) is 2.86. The molecular formula is C18H20N2O2. The predicted octanol–water partition coefficient (Wildman–Crippen LogP) is 3.28. The number of piperidine rings is 1. The number of Topliss-reactive ketones (excluding diaryl/α,β-unsaturated/α-hetero) is 1. The van der Waals surface area contributed by atoms with Crippen molar-refractivity contribution in [3.05, 3.63) is 60.3 Å². The van der Waals surface area contributed by atoms with Crippen molar-refractivity contribution >= 4 is 11.9 Å². The molecule has 0 saturated carbocycles. The number of pyridine rings is 1. The fraction of sp³-hybridized carbons (Fsp3) is 0.333. The monoisotopic (exact) mass is 296 g/mol. The van der Waals surface area contributed by atoms with E-state index in [9.17, 15) is 4.79 Å². The topological polar surface area (TPSA) is 46.3 Å². The predicted molar refractivity (Wildman–Crippen MR) is 85.5 cm³/mol. The lowest BCUT2D eigenvalue weighted by molar-refractivity contribution is 0.0826. The molecule has 1 aliphatic rings. The van der Waals surface area contributed by atoms with E-state index < -0.39 is 0 Å². The minimum atomic E-state index is 0.0562. The van der Waals surface area contributed by atoms with E-state index in [2.05, 4.69) is 16.0 Å². The molecule has 0 bridgehead atoms. The van der Waals surface area contributed by atoms with Gasteiger partial charge in [-0.2, -0.15) is 0 Å². The van der Waals surface area contributed by atoms with Crippen molar-refractivity contribution in [1.29, 1.82) is 0 Å². The van der Waals surface area contributed by atoms with Crippen LogP contribution in [0, 0.1) is 5.92 Å². The molecule has 3 rings (SSSR count). The molecule has 4 nitrogen and oxygen atoms in total. The lowest BCUT2D eigenvalue weighted by Crippen LogP contribution is -2.38. The van der Waals surface area contributed by atoms with Crippen LogP contribution in [0.1, 0.15) is 29.1 Å². The number of furan rings is 1. The Morgan fingerprint density at radius 2 is 2.32 bits per heavy atom. The average molecular weight is 296 g/mol. The van der Waals surface area contributed by atoms with Crippen molar-refractivity contribution in [1.82, 2.24) is 9.88 Å². The van der Waals surface area contributed by atoms with Gasteiger partial charge in [-0.05, 0) is 49.7 Å². The summed E-state index contributed by atoms with van der Waals surface area (Å²) in [6.07, 6.45) is 9.42. The second-order valence-corrected chi connectivity index (χ2v) is 5.60. The molecule has 0 aromatic carbocycles. The molecule has 4 heteroatoms. The summed E-state index contributed by atoms with van der Waals surface area (Å²) in [4.78, 5) is 19.0. The van der Waals surface area contributed by atoms with Gasteiger partial charge in [0.1, 0.15) is 11.5 Å². The van der Waals surface area contributed by atoms with Gasteiger partial charge in [0.05, 0.1) is 6.26 Å². The first-order valence-electron chi connectivity index (χ1n) is 7.70. The van der Waals surface area contributed by atoms with Crippen LogP contribution >= 0.6 is 0 Å². The van der Waals surface area contributed by atoms with E-state index in [1.807, 2.05) is 30.3 Å². The maximum atomic E-state index is 12.5. The molecular weight excluding hydrogens is 276 g/mol. The van der Waals surface area contributed by atoms with Crippen molar-refractivity contribution in [2.75, 3.05) is 19.6 Å². The summed E-state index contributed by atoms with van der Waals surface area (Å²) in [5, 5.41) is 0. The molecule has 0 spiro atoms. The van der Waals surface area contributed by atoms with Crippen LogP contribution in [0.25, 0.3) is 6.08 Å². The van der Waals surface area contributed by atoms with Gasteiger partial charge in [0, 0.05) is 25.2 Å². The molecule has 22 heavy (non-hydrogen) atoms. The number of carbonyl (C=O) groups is 1. The van der Waals surface area contributed by atoms with Crippen molar-refractivity contribution in [2.24, 2.45) is 5.92 Å². The highest BCUT2D eigenvalue weighted by Crippen LogP contribution is 2.20. The van der Waals surface area contributed by atoms with Crippen LogP contribution in [0.15, 0.2) is 53.3 Å². The molecule has 1 aliphatic heterocycles. The van der Waals surface area contributed by atoms with Crippen LogP contribution in [-0.4, -0.2) is 35.3 Å². The summed E-state index contributed by atoms with van der Waals surface area (Å²) < 4.78 is 5.27. The third kappa shape index (κ3) is 3.71. The van der Waals surface area contributed by atoms with Gasteiger partial charge >= 0.3 is 0 Å². The summed E-state index contributed by atoms with van der Waals surface area (Å²) in [7, 11) is 0. The molecule has 0 unspecified atom stereocenters. The summed E-state index contributed by atoms with van der Waals surface area (Å²) in [5.74, 6) is 1.08. The van der Waals surface area contributed by atoms with E-state index in [0.29, 0.717) is 5.69 Å². The van der Waals surface area contributed by atoms with Gasteiger partial charge in [0.25, 0.3) is 0 Å². The zero-order chi connectivity index (χ0) is 15.2. The van der Waals surface area contributed by atoms with E-state index in [0.717, 1.165) is 38.2 Å². The average Bonchev–Trinajstić information content (AvgIpc) is 3.09. The van der Waals surface area contributed by atoms with Crippen LogP contribution in [0.2, 0.25) is 0 Å². The standard InChI is InChI=1S/C18H20N2O2/c21-18(17-9-1-2-10-19-17)15-6-3-11-20(14-15)12-4-7-16-8-5-13-22-16/h1-2,4-5,7-10,13,15H,3,6,11-12,14H2/b7-4+/t15-/m1/s1. The van der Waals surface area contributed by atoms with Gasteiger partial charge < -0.3 is 4.42 Å². The molecule has 0 amide bonds. The Morgan fingerprint density at radius 1 is 1.36 bits per heavy atom. The Kier molecular flexibility index (Phi) is 4.81. The van der Waals surface area contributed by atoms with Crippen LogP contribution in [0.5, 0.6) is 0 Å². The quantitative estimate of drug-likeness (QED) is 0.794. The van der Waals surface area contributed by atoms with Crippen LogP contribution < -0.4 is 0 Å². The largest absolute Gasteiger partial charge is 0.465 e. The fourth-order valence-corrected chi connectivity index (χ4v) is 2.86. The summed E-state index contributed by atoms with van der Waals surface area (Å²) in [6.45, 7) is 2.68. The minimum absolute atomic E-state index is 0.0562. The molecule has 2 aromatic rings. The van der Waals surface area contributed by atoms with Gasteiger partial charge in [0.2, 0.25) is 0 Å². The third-order valence-corrected chi connectivity index (χ3v) is 3.98. The smallest absolute Gasteiger partial charge is 0.185 e. The minimum Gasteiger partial charge on any atom is -0.465 e. The zero-order valence-corrected chi connectivity index (χ0v) is 12.5. The van der Waals surface area contributed by atoms with E-state index in [-0.39, 0.29) is 11.7 Å². The van der Waals surface area contributed by atoms with Crippen LogP contribution in [0.3, 0.4) is 0 Å². The Hall–Kier alpha value is -2.20. The number of hydrogen-bond acceptors (Lipinski definition) is 4. The highest BCUT2D eigenvalue weighted by Gasteiger charge is 2.26. The van der Waals surface area contributed by atoms with E-state index in [1.165, 1.54) is 0 Å². The summed E-state index contributed by atoms with van der Waals surface area (Å²) >= 11 is 0. The maximum Gasteiger partial charge on any atom is 0.185 e. The van der Waals surface area contributed by atoms with Gasteiger partial charge in [0.15, 0.2) is 5.78 Å². The van der Waals surface area contributed by atoms with Crippen molar-refractivity contribution in [3.8, 4) is 0 Å². The second-order valence-electron chi connectivity index (χ2n) is 5.60. The van der Waals surface area contributed by atoms with E-state index >= 15 is 0 Å². The van der Waals surface area contributed by atoms with Crippen LogP contribution in [0.4, 0.5) is 0 Å². The second kappa shape index (κ2) is 7.18. The Labute approximate surface area is 130 Å². The first-order valence-corrected chi connectivity index (χ1v) is 7.70. The Morgan fingerprint density at radius 3 is 3.09 bits per heavy atom. The van der Waals surface area contributed by atoms with Gasteiger partial charge in [-0.15, -0.1) is 0 Å². The molecule has 0 aliphatic carbocycles. The number of ketones is 1. The summed E-state index contributed by atoms with van der Waals surface area (Å²) in [5.41, 5.74) is 0.584. The number of likely N-dealkylation sites (tertiary alicyclic amines) is 1. The first-order chi connectivity index (χ1) is 10.8. The Bertz CT molecular complexity index is 620. The third-order valence-electron chi connectivity index (χ3n) is 3.98. The van der Waals surface area contributed by atoms with Crippen LogP contribution in [-0.2, 0) is 0 Å². The molecule has 3 heterocycles. The molecule has 0 N–H and O–H groups in total. The number of nitrogens with zero attached hydrogens (tertiary/aromatic N) is 2. The molecule has 114 valence electrons. The summed E-state index contributed by atoms with van der Waals surface area (Å²) in [6, 6.07) is 9.32. The van der Waals surface area contributed by atoms with E-state index in [4.69, 9.17) is 4.42 Å². The molecule has 2 aromatic heterocycles. The molecule has 1 fully saturated rings. The van der Waals surface area contributed by atoms with Crippen molar-refractivity contribution in [3.63, 3.8) is 0 Å². The number of hydrogen-bond donors (Lipinski definition) is 0. The van der Waals surface area contributed by atoms with Gasteiger partial charge in [-0.1, -0.05) is 12.1 Å².